The van der Waals surface area contributed by atoms with Gasteiger partial charge in [-0.25, -0.2) is 0 Å². The van der Waals surface area contributed by atoms with Crippen molar-refractivity contribution < 1.29 is 14.6 Å². The molecule has 0 unspecified atom stereocenters. The minimum absolute atomic E-state index is 0.0436. The molecule has 154 valence electrons. The summed E-state index contributed by atoms with van der Waals surface area (Å²) in [5.74, 6) is 1.28. The average Bonchev–Trinajstić information content (AvgIpc) is 2.57. The summed E-state index contributed by atoms with van der Waals surface area (Å²) in [5, 5.41) is 9.87. The molecule has 2 saturated carbocycles. The highest BCUT2D eigenvalue weighted by molar-refractivity contribution is 5.81. The highest BCUT2D eigenvalue weighted by Gasteiger charge is 2.51. The highest BCUT2D eigenvalue weighted by Crippen LogP contribution is 2.47. The largest absolute Gasteiger partial charge is 0.490 e. The van der Waals surface area contributed by atoms with Crippen molar-refractivity contribution in [2.75, 3.05) is 13.1 Å². The maximum absolute atomic E-state index is 12.5. The molecule has 4 heteroatoms. The van der Waals surface area contributed by atoms with Crippen molar-refractivity contribution in [1.29, 1.82) is 0 Å². The second-order valence-corrected chi connectivity index (χ2v) is 10.9. The molecule has 1 N–H and O–H groups in total. The zero-order chi connectivity index (χ0) is 20.2. The van der Waals surface area contributed by atoms with Crippen LogP contribution in [-0.2, 0) is 10.2 Å². The van der Waals surface area contributed by atoms with Crippen molar-refractivity contribution in [3.8, 4) is 5.75 Å². The van der Waals surface area contributed by atoms with Gasteiger partial charge in [0.2, 0.25) is 5.91 Å². The fourth-order valence-corrected chi connectivity index (χ4v) is 5.22. The maximum atomic E-state index is 12.5. The predicted octanol–water partition coefficient (Wildman–Crippen LogP) is 4.30. The minimum atomic E-state index is -0.622. The van der Waals surface area contributed by atoms with Crippen LogP contribution in [0.1, 0.15) is 71.8 Å². The van der Waals surface area contributed by atoms with Crippen LogP contribution in [0.25, 0.3) is 0 Å². The molecule has 1 aromatic carbocycles. The van der Waals surface area contributed by atoms with E-state index in [2.05, 4.69) is 45.0 Å². The summed E-state index contributed by atoms with van der Waals surface area (Å²) in [6, 6.07) is 8.51. The Labute approximate surface area is 169 Å². The molecule has 1 amide bonds. The van der Waals surface area contributed by atoms with E-state index in [1.165, 1.54) is 5.56 Å². The molecule has 0 bridgehead atoms. The lowest BCUT2D eigenvalue weighted by molar-refractivity contribution is -0.164. The Morgan fingerprint density at radius 2 is 1.82 bits per heavy atom. The summed E-state index contributed by atoms with van der Waals surface area (Å²) in [6.45, 7) is 10.3. The number of nitrogens with zero attached hydrogens (tertiary/aromatic N) is 1. The van der Waals surface area contributed by atoms with Gasteiger partial charge in [0, 0.05) is 24.4 Å². The van der Waals surface area contributed by atoms with Gasteiger partial charge in [0.1, 0.15) is 5.75 Å². The number of carbonyl (C=O) groups excluding carboxylic acids is 1. The number of benzene rings is 1. The van der Waals surface area contributed by atoms with Crippen LogP contribution >= 0.6 is 0 Å². The molecule has 1 saturated heterocycles. The first kappa shape index (κ1) is 19.8. The van der Waals surface area contributed by atoms with E-state index in [9.17, 15) is 9.90 Å². The van der Waals surface area contributed by atoms with E-state index >= 15 is 0 Å². The van der Waals surface area contributed by atoms with Gasteiger partial charge in [-0.2, -0.15) is 0 Å². The number of rotatable bonds is 3. The zero-order valence-corrected chi connectivity index (χ0v) is 17.8. The van der Waals surface area contributed by atoms with E-state index in [4.69, 9.17) is 4.74 Å². The van der Waals surface area contributed by atoms with Crippen molar-refractivity contribution >= 4 is 5.91 Å². The minimum Gasteiger partial charge on any atom is -0.490 e. The quantitative estimate of drug-likeness (QED) is 0.844. The molecular formula is C24H35NO3. The average molecular weight is 386 g/mol. The van der Waals surface area contributed by atoms with Crippen LogP contribution in [0.15, 0.2) is 24.3 Å². The van der Waals surface area contributed by atoms with Crippen LogP contribution in [0.3, 0.4) is 0 Å². The lowest BCUT2D eigenvalue weighted by Gasteiger charge is -2.55. The summed E-state index contributed by atoms with van der Waals surface area (Å²) in [7, 11) is 0. The lowest BCUT2D eigenvalue weighted by atomic mass is 9.66. The first-order valence-electron chi connectivity index (χ1n) is 10.8. The summed E-state index contributed by atoms with van der Waals surface area (Å²) >= 11 is 0. The normalized spacial score (nSPS) is 29.9. The third kappa shape index (κ3) is 3.94. The molecule has 0 aromatic heterocycles. The highest BCUT2D eigenvalue weighted by atomic mass is 16.5. The van der Waals surface area contributed by atoms with Crippen LogP contribution < -0.4 is 4.74 Å². The van der Waals surface area contributed by atoms with Crippen molar-refractivity contribution in [3.63, 3.8) is 0 Å². The van der Waals surface area contributed by atoms with Crippen LogP contribution in [0.2, 0.25) is 0 Å². The Balaban J connectivity index is 1.25. The summed E-state index contributed by atoms with van der Waals surface area (Å²) in [4.78, 5) is 14.6. The van der Waals surface area contributed by atoms with Crippen LogP contribution in [0.4, 0.5) is 0 Å². The zero-order valence-electron chi connectivity index (χ0n) is 17.8. The number of aliphatic hydroxyl groups is 1. The fraction of sp³-hybridized carbons (Fsp3) is 0.708. The summed E-state index contributed by atoms with van der Waals surface area (Å²) < 4.78 is 6.31. The van der Waals surface area contributed by atoms with E-state index < -0.39 is 5.60 Å². The molecule has 28 heavy (non-hydrogen) atoms. The van der Waals surface area contributed by atoms with Crippen LogP contribution in [0, 0.1) is 11.3 Å². The molecule has 3 fully saturated rings. The molecule has 3 aliphatic rings. The molecule has 1 aromatic rings. The molecule has 4 rings (SSSR count). The fourth-order valence-electron chi connectivity index (χ4n) is 5.22. The molecule has 1 heterocycles. The standard InChI is InChI=1S/C24H35NO3/c1-22(2,3)18-6-5-7-20(12-18)28-19-8-10-24(11-9-19)15-25(16-24)21(26)17-13-23(4,27)14-17/h5-7,12,17,19,27H,8-11,13-16H2,1-4H3/t17-,23+. The monoisotopic (exact) mass is 385 g/mol. The van der Waals surface area contributed by atoms with Crippen molar-refractivity contribution in [2.24, 2.45) is 11.3 Å². The second-order valence-electron chi connectivity index (χ2n) is 10.9. The number of likely N-dealkylation sites (tertiary alicyclic amines) is 1. The Bertz CT molecular complexity index is 724. The summed E-state index contributed by atoms with van der Waals surface area (Å²) in [6.07, 6.45) is 5.95. The third-order valence-electron chi connectivity index (χ3n) is 7.08. The van der Waals surface area contributed by atoms with E-state index in [1.807, 2.05) is 11.8 Å². The van der Waals surface area contributed by atoms with Gasteiger partial charge in [0.15, 0.2) is 0 Å². The van der Waals surface area contributed by atoms with Crippen molar-refractivity contribution in [3.05, 3.63) is 29.8 Å². The number of amides is 1. The van der Waals surface area contributed by atoms with E-state index in [-0.39, 0.29) is 23.3 Å². The van der Waals surface area contributed by atoms with Gasteiger partial charge in [-0.15, -0.1) is 0 Å². The molecule has 1 spiro atoms. The maximum Gasteiger partial charge on any atom is 0.225 e. The number of hydrogen-bond donors (Lipinski definition) is 1. The first-order valence-corrected chi connectivity index (χ1v) is 10.8. The molecular weight excluding hydrogens is 350 g/mol. The van der Waals surface area contributed by atoms with Gasteiger partial charge in [-0.3, -0.25) is 4.79 Å². The van der Waals surface area contributed by atoms with Gasteiger partial charge >= 0.3 is 0 Å². The topological polar surface area (TPSA) is 49.8 Å². The van der Waals surface area contributed by atoms with Gasteiger partial charge in [0.25, 0.3) is 0 Å². The number of ether oxygens (including phenoxy) is 1. The van der Waals surface area contributed by atoms with Crippen molar-refractivity contribution in [2.45, 2.75) is 83.3 Å². The molecule has 0 radical (unpaired) electrons. The number of hydrogen-bond acceptors (Lipinski definition) is 3. The Kier molecular flexibility index (Phi) is 4.77. The first-order chi connectivity index (χ1) is 13.1. The number of carbonyl (C=O) groups is 1. The smallest absolute Gasteiger partial charge is 0.225 e. The van der Waals surface area contributed by atoms with Crippen LogP contribution in [-0.4, -0.2) is 40.7 Å². The Morgan fingerprint density at radius 3 is 2.39 bits per heavy atom. The van der Waals surface area contributed by atoms with Crippen molar-refractivity contribution in [1.82, 2.24) is 4.90 Å². The molecule has 2 aliphatic carbocycles. The molecule has 4 nitrogen and oxygen atoms in total. The Morgan fingerprint density at radius 1 is 1.18 bits per heavy atom. The Hall–Kier alpha value is -1.55. The van der Waals surface area contributed by atoms with Crippen LogP contribution in [0.5, 0.6) is 5.75 Å². The van der Waals surface area contributed by atoms with E-state index in [0.29, 0.717) is 18.3 Å². The SMILES string of the molecule is CC(C)(C)c1cccc(OC2CCC3(CC2)CN(C(=O)[C@H]2C[C@@](C)(O)C2)C3)c1. The molecule has 0 atom stereocenters. The predicted molar refractivity (Wildman–Crippen MR) is 110 cm³/mol. The van der Waals surface area contributed by atoms with E-state index in [1.54, 1.807) is 0 Å². The lowest BCUT2D eigenvalue weighted by Crippen LogP contribution is -2.63. The van der Waals surface area contributed by atoms with E-state index in [0.717, 1.165) is 44.5 Å². The summed E-state index contributed by atoms with van der Waals surface area (Å²) in [5.41, 5.74) is 1.13. The van der Waals surface area contributed by atoms with Gasteiger partial charge in [-0.05, 0) is 68.6 Å². The van der Waals surface area contributed by atoms with Gasteiger partial charge < -0.3 is 14.7 Å². The van der Waals surface area contributed by atoms with Gasteiger partial charge in [0.05, 0.1) is 11.7 Å². The second kappa shape index (κ2) is 6.76. The third-order valence-corrected chi connectivity index (χ3v) is 7.08. The van der Waals surface area contributed by atoms with Gasteiger partial charge in [-0.1, -0.05) is 32.9 Å². The molecule has 1 aliphatic heterocycles.